The van der Waals surface area contributed by atoms with Crippen LogP contribution in [0.1, 0.15) is 6.42 Å². The van der Waals surface area contributed by atoms with Crippen molar-refractivity contribution >= 4 is 15.7 Å². The molecule has 0 unspecified atom stereocenters. The summed E-state index contributed by atoms with van der Waals surface area (Å²) in [4.78, 5) is 9.82. The second kappa shape index (κ2) is 5.01. The van der Waals surface area contributed by atoms with E-state index in [4.69, 9.17) is 0 Å². The minimum absolute atomic E-state index is 0.213. The van der Waals surface area contributed by atoms with Gasteiger partial charge in [0.1, 0.15) is 0 Å². The molecule has 1 fully saturated rings. The Bertz CT molecular complexity index is 552. The number of sulfonamides is 1. The average Bonchev–Trinajstić information content (AvgIpc) is 2.81. The smallest absolute Gasteiger partial charge is 0.289 e. The SMILES string of the molecule is O=[N+]([O-])c1ccccc1S(=O)(=O)N[C@@H]1CCNC1. The van der Waals surface area contributed by atoms with Gasteiger partial charge in [0, 0.05) is 18.7 Å². The molecule has 0 radical (unpaired) electrons. The summed E-state index contributed by atoms with van der Waals surface area (Å²) < 4.78 is 26.6. The summed E-state index contributed by atoms with van der Waals surface area (Å²) in [6, 6.07) is 5.11. The first-order valence-corrected chi connectivity index (χ1v) is 6.95. The van der Waals surface area contributed by atoms with Crippen molar-refractivity contribution in [2.75, 3.05) is 13.1 Å². The van der Waals surface area contributed by atoms with Crippen LogP contribution < -0.4 is 10.0 Å². The molecule has 0 saturated carbocycles. The summed E-state index contributed by atoms with van der Waals surface area (Å²) in [6.07, 6.45) is 0.680. The molecule has 0 bridgehead atoms. The molecule has 1 aromatic carbocycles. The Morgan fingerprint density at radius 3 is 2.72 bits per heavy atom. The first kappa shape index (κ1) is 12.9. The van der Waals surface area contributed by atoms with E-state index in [1.165, 1.54) is 24.3 Å². The molecule has 0 amide bonds. The minimum Gasteiger partial charge on any atom is -0.315 e. The maximum atomic E-state index is 12.1. The van der Waals surface area contributed by atoms with Crippen LogP contribution in [0, 0.1) is 10.1 Å². The van der Waals surface area contributed by atoms with E-state index in [2.05, 4.69) is 10.0 Å². The Morgan fingerprint density at radius 2 is 2.11 bits per heavy atom. The number of para-hydroxylation sites is 1. The summed E-state index contributed by atoms with van der Waals surface area (Å²) in [6.45, 7) is 1.28. The molecule has 1 saturated heterocycles. The van der Waals surface area contributed by atoms with Crippen molar-refractivity contribution in [3.8, 4) is 0 Å². The van der Waals surface area contributed by atoms with Gasteiger partial charge in [-0.15, -0.1) is 0 Å². The van der Waals surface area contributed by atoms with Gasteiger partial charge < -0.3 is 5.32 Å². The van der Waals surface area contributed by atoms with Crippen LogP contribution in [0.4, 0.5) is 5.69 Å². The second-order valence-corrected chi connectivity index (χ2v) is 5.72. The largest absolute Gasteiger partial charge is 0.315 e. The maximum Gasteiger partial charge on any atom is 0.289 e. The molecule has 1 atom stereocenters. The van der Waals surface area contributed by atoms with E-state index in [9.17, 15) is 18.5 Å². The zero-order chi connectivity index (χ0) is 13.2. The summed E-state index contributed by atoms with van der Waals surface area (Å²) in [5.41, 5.74) is -0.407. The molecule has 2 N–H and O–H groups in total. The highest BCUT2D eigenvalue weighted by molar-refractivity contribution is 7.89. The fraction of sp³-hybridized carbons (Fsp3) is 0.400. The van der Waals surface area contributed by atoms with Crippen molar-refractivity contribution < 1.29 is 13.3 Å². The Balaban J connectivity index is 2.31. The standard InChI is InChI=1S/C10H13N3O4S/c14-13(15)9-3-1-2-4-10(9)18(16,17)12-8-5-6-11-7-8/h1-4,8,11-12H,5-7H2/t8-/m1/s1. The molecule has 1 aliphatic rings. The third-order valence-corrected chi connectivity index (χ3v) is 4.30. The third-order valence-electron chi connectivity index (χ3n) is 2.73. The summed E-state index contributed by atoms with van der Waals surface area (Å²) in [5, 5.41) is 13.8. The second-order valence-electron chi connectivity index (χ2n) is 4.04. The van der Waals surface area contributed by atoms with E-state index < -0.39 is 20.6 Å². The van der Waals surface area contributed by atoms with Gasteiger partial charge in [-0.25, -0.2) is 13.1 Å². The molecule has 1 aromatic rings. The van der Waals surface area contributed by atoms with Gasteiger partial charge in [0.05, 0.1) is 4.92 Å². The summed E-state index contributed by atoms with van der Waals surface area (Å²) in [5.74, 6) is 0. The molecular weight excluding hydrogens is 258 g/mol. The number of benzene rings is 1. The van der Waals surface area contributed by atoms with E-state index >= 15 is 0 Å². The van der Waals surface area contributed by atoms with Crippen molar-refractivity contribution in [1.82, 2.24) is 10.0 Å². The highest BCUT2D eigenvalue weighted by Gasteiger charge is 2.28. The Kier molecular flexibility index (Phi) is 3.60. The van der Waals surface area contributed by atoms with Gasteiger partial charge >= 0.3 is 0 Å². The summed E-state index contributed by atoms with van der Waals surface area (Å²) >= 11 is 0. The highest BCUT2D eigenvalue weighted by atomic mass is 32.2. The molecule has 0 spiro atoms. The third kappa shape index (κ3) is 2.66. The molecule has 18 heavy (non-hydrogen) atoms. The average molecular weight is 271 g/mol. The Labute approximate surface area is 104 Å². The van der Waals surface area contributed by atoms with Crippen molar-refractivity contribution in [1.29, 1.82) is 0 Å². The monoisotopic (exact) mass is 271 g/mol. The lowest BCUT2D eigenvalue weighted by Gasteiger charge is -2.11. The molecule has 7 nitrogen and oxygen atoms in total. The normalized spacial score (nSPS) is 19.9. The van der Waals surface area contributed by atoms with Crippen LogP contribution in [0.2, 0.25) is 0 Å². The number of nitro benzene ring substituents is 1. The minimum atomic E-state index is -3.85. The van der Waals surface area contributed by atoms with Gasteiger partial charge in [0.2, 0.25) is 10.0 Å². The molecule has 8 heteroatoms. The van der Waals surface area contributed by atoms with Gasteiger partial charge in [-0.05, 0) is 19.0 Å². The predicted octanol–water partition coefficient (Wildman–Crippen LogP) is 0.235. The zero-order valence-electron chi connectivity index (χ0n) is 9.50. The van der Waals surface area contributed by atoms with Crippen molar-refractivity contribution in [3.05, 3.63) is 34.4 Å². The van der Waals surface area contributed by atoms with Gasteiger partial charge in [0.15, 0.2) is 4.90 Å². The van der Waals surface area contributed by atoms with E-state index in [1.54, 1.807) is 0 Å². The molecule has 2 rings (SSSR count). The van der Waals surface area contributed by atoms with Crippen LogP contribution >= 0.6 is 0 Å². The van der Waals surface area contributed by atoms with Gasteiger partial charge in [-0.2, -0.15) is 0 Å². The maximum absolute atomic E-state index is 12.1. The number of rotatable bonds is 4. The fourth-order valence-corrected chi connectivity index (χ4v) is 3.32. The topological polar surface area (TPSA) is 101 Å². The van der Waals surface area contributed by atoms with Crippen LogP contribution in [-0.2, 0) is 10.0 Å². The lowest BCUT2D eigenvalue weighted by atomic mass is 10.3. The van der Waals surface area contributed by atoms with E-state index in [1.807, 2.05) is 0 Å². The number of hydrogen-bond acceptors (Lipinski definition) is 5. The van der Waals surface area contributed by atoms with Crippen molar-refractivity contribution in [3.63, 3.8) is 0 Å². The van der Waals surface area contributed by atoms with Gasteiger partial charge in [0.25, 0.3) is 5.69 Å². The molecule has 98 valence electrons. The molecule has 1 aliphatic heterocycles. The molecule has 0 aromatic heterocycles. The number of hydrogen-bond donors (Lipinski definition) is 2. The lowest BCUT2D eigenvalue weighted by molar-refractivity contribution is -0.387. The molecule has 1 heterocycles. The van der Waals surface area contributed by atoms with E-state index in [0.29, 0.717) is 13.0 Å². The zero-order valence-corrected chi connectivity index (χ0v) is 10.3. The predicted molar refractivity (Wildman–Crippen MR) is 64.7 cm³/mol. The van der Waals surface area contributed by atoms with Gasteiger partial charge in [-0.1, -0.05) is 12.1 Å². The fourth-order valence-electron chi connectivity index (χ4n) is 1.87. The van der Waals surface area contributed by atoms with Crippen LogP contribution in [-0.4, -0.2) is 32.5 Å². The van der Waals surface area contributed by atoms with Crippen molar-refractivity contribution in [2.45, 2.75) is 17.4 Å². The molecule has 0 aliphatic carbocycles. The van der Waals surface area contributed by atoms with Gasteiger partial charge in [-0.3, -0.25) is 10.1 Å². The number of nitrogens with zero attached hydrogens (tertiary/aromatic N) is 1. The van der Waals surface area contributed by atoms with Crippen LogP contribution in [0.5, 0.6) is 0 Å². The number of nitrogens with one attached hydrogen (secondary N) is 2. The van der Waals surface area contributed by atoms with Crippen molar-refractivity contribution in [2.24, 2.45) is 0 Å². The van der Waals surface area contributed by atoms with E-state index in [-0.39, 0.29) is 10.9 Å². The first-order valence-electron chi connectivity index (χ1n) is 5.47. The van der Waals surface area contributed by atoms with Crippen LogP contribution in [0.25, 0.3) is 0 Å². The quantitative estimate of drug-likeness (QED) is 0.603. The van der Waals surface area contributed by atoms with E-state index in [0.717, 1.165) is 6.54 Å². The Hall–Kier alpha value is -1.51. The Morgan fingerprint density at radius 1 is 1.39 bits per heavy atom. The van der Waals surface area contributed by atoms with Crippen LogP contribution in [0.3, 0.4) is 0 Å². The number of nitro groups is 1. The highest BCUT2D eigenvalue weighted by Crippen LogP contribution is 2.23. The lowest BCUT2D eigenvalue weighted by Crippen LogP contribution is -2.36. The van der Waals surface area contributed by atoms with Crippen LogP contribution in [0.15, 0.2) is 29.2 Å². The summed E-state index contributed by atoms with van der Waals surface area (Å²) in [7, 11) is -3.85. The first-order chi connectivity index (χ1) is 8.50. The molecular formula is C10H13N3O4S.